The molecule has 74 valence electrons. The minimum absolute atomic E-state index is 0.169. The molecular weight excluding hydrogens is 188 g/mol. The molecular formula is C7H14N4OS. The first-order valence-corrected chi connectivity index (χ1v) is 4.99. The Balaban J connectivity index is 2.46. The standard InChI is InChI=1S/C7H14N4OS/c1-2-11(3-4-12)5-6-9-10-7(8)13-6/h12H,2-5H2,1H3,(H2,8,10). The maximum atomic E-state index is 8.75. The van der Waals surface area contributed by atoms with Crippen LogP contribution in [0, 0.1) is 0 Å². The number of likely N-dealkylation sites (N-methyl/N-ethyl adjacent to an activating group) is 1. The van der Waals surface area contributed by atoms with Crippen molar-refractivity contribution in [2.24, 2.45) is 0 Å². The van der Waals surface area contributed by atoms with Gasteiger partial charge in [-0.2, -0.15) is 0 Å². The number of nitrogens with two attached hydrogens (primary N) is 1. The molecule has 1 rings (SSSR count). The van der Waals surface area contributed by atoms with Crippen molar-refractivity contribution in [2.75, 3.05) is 25.4 Å². The summed E-state index contributed by atoms with van der Waals surface area (Å²) in [5.41, 5.74) is 5.45. The molecule has 0 unspecified atom stereocenters. The summed E-state index contributed by atoms with van der Waals surface area (Å²) in [5, 5.41) is 17.8. The molecule has 5 nitrogen and oxygen atoms in total. The van der Waals surface area contributed by atoms with E-state index < -0.39 is 0 Å². The average molecular weight is 202 g/mol. The highest BCUT2D eigenvalue weighted by molar-refractivity contribution is 7.15. The highest BCUT2D eigenvalue weighted by Crippen LogP contribution is 2.12. The van der Waals surface area contributed by atoms with E-state index in [1.165, 1.54) is 11.3 Å². The van der Waals surface area contributed by atoms with Crippen LogP contribution in [0.3, 0.4) is 0 Å². The number of aliphatic hydroxyl groups excluding tert-OH is 1. The van der Waals surface area contributed by atoms with Gasteiger partial charge in [-0.05, 0) is 6.54 Å². The zero-order chi connectivity index (χ0) is 9.68. The lowest BCUT2D eigenvalue weighted by Crippen LogP contribution is -2.25. The van der Waals surface area contributed by atoms with Gasteiger partial charge in [0.25, 0.3) is 0 Å². The predicted octanol–water partition coefficient (Wildman–Crippen LogP) is -0.0655. The molecule has 0 saturated carbocycles. The second kappa shape index (κ2) is 5.11. The molecule has 0 aliphatic carbocycles. The third-order valence-corrected chi connectivity index (χ3v) is 2.44. The van der Waals surface area contributed by atoms with Gasteiger partial charge in [0.05, 0.1) is 13.2 Å². The summed E-state index contributed by atoms with van der Waals surface area (Å²) < 4.78 is 0. The van der Waals surface area contributed by atoms with Gasteiger partial charge in [-0.25, -0.2) is 0 Å². The maximum Gasteiger partial charge on any atom is 0.203 e. The Morgan fingerprint density at radius 1 is 1.54 bits per heavy atom. The number of hydrogen-bond acceptors (Lipinski definition) is 6. The van der Waals surface area contributed by atoms with Gasteiger partial charge in [0.1, 0.15) is 5.01 Å². The summed E-state index contributed by atoms with van der Waals surface area (Å²) in [4.78, 5) is 2.08. The summed E-state index contributed by atoms with van der Waals surface area (Å²) in [5.74, 6) is 0. The molecule has 0 radical (unpaired) electrons. The number of hydrogen-bond donors (Lipinski definition) is 2. The Morgan fingerprint density at radius 3 is 2.77 bits per heavy atom. The molecule has 0 aliphatic heterocycles. The topological polar surface area (TPSA) is 75.3 Å². The Labute approximate surface area is 81.2 Å². The second-order valence-corrected chi connectivity index (χ2v) is 3.72. The predicted molar refractivity (Wildman–Crippen MR) is 52.4 cm³/mol. The largest absolute Gasteiger partial charge is 0.395 e. The third kappa shape index (κ3) is 3.25. The Morgan fingerprint density at radius 2 is 2.31 bits per heavy atom. The number of nitrogens with zero attached hydrogens (tertiary/aromatic N) is 3. The quantitative estimate of drug-likeness (QED) is 0.699. The average Bonchev–Trinajstić information content (AvgIpc) is 2.50. The van der Waals surface area contributed by atoms with E-state index in [0.717, 1.165) is 11.6 Å². The molecule has 1 aromatic rings. The zero-order valence-corrected chi connectivity index (χ0v) is 8.42. The molecule has 0 aromatic carbocycles. The van der Waals surface area contributed by atoms with E-state index in [1.807, 2.05) is 6.92 Å². The molecule has 0 saturated heterocycles. The molecule has 0 aliphatic rings. The van der Waals surface area contributed by atoms with Crippen molar-refractivity contribution in [3.05, 3.63) is 5.01 Å². The highest BCUT2D eigenvalue weighted by Gasteiger charge is 2.06. The van der Waals surface area contributed by atoms with E-state index in [1.54, 1.807) is 0 Å². The van der Waals surface area contributed by atoms with Gasteiger partial charge in [0.15, 0.2) is 0 Å². The molecule has 0 atom stereocenters. The van der Waals surface area contributed by atoms with Crippen molar-refractivity contribution in [3.63, 3.8) is 0 Å². The number of aromatic nitrogens is 2. The van der Waals surface area contributed by atoms with E-state index in [2.05, 4.69) is 15.1 Å². The van der Waals surface area contributed by atoms with Crippen LogP contribution < -0.4 is 5.73 Å². The van der Waals surface area contributed by atoms with Crippen LogP contribution in [0.15, 0.2) is 0 Å². The van der Waals surface area contributed by atoms with E-state index >= 15 is 0 Å². The Bertz CT molecular complexity index is 252. The zero-order valence-electron chi connectivity index (χ0n) is 7.60. The van der Waals surface area contributed by atoms with Gasteiger partial charge in [0.2, 0.25) is 5.13 Å². The molecule has 0 bridgehead atoms. The van der Waals surface area contributed by atoms with Crippen LogP contribution in [-0.2, 0) is 6.54 Å². The van der Waals surface area contributed by atoms with E-state index in [0.29, 0.717) is 18.2 Å². The molecule has 0 spiro atoms. The van der Waals surface area contributed by atoms with Crippen molar-refractivity contribution in [3.8, 4) is 0 Å². The first-order chi connectivity index (χ1) is 6.26. The van der Waals surface area contributed by atoms with E-state index in [4.69, 9.17) is 10.8 Å². The molecule has 1 heterocycles. The Hall–Kier alpha value is -0.720. The van der Waals surface area contributed by atoms with Crippen LogP contribution in [0.2, 0.25) is 0 Å². The fourth-order valence-corrected chi connectivity index (χ4v) is 1.66. The molecule has 0 fully saturated rings. The second-order valence-electron chi connectivity index (χ2n) is 2.63. The number of rotatable bonds is 5. The monoisotopic (exact) mass is 202 g/mol. The van der Waals surface area contributed by atoms with E-state index in [9.17, 15) is 0 Å². The summed E-state index contributed by atoms with van der Waals surface area (Å²) in [6.45, 7) is 4.48. The smallest absolute Gasteiger partial charge is 0.203 e. The molecule has 13 heavy (non-hydrogen) atoms. The molecule has 6 heteroatoms. The lowest BCUT2D eigenvalue weighted by Gasteiger charge is -2.16. The van der Waals surface area contributed by atoms with Crippen molar-refractivity contribution in [1.82, 2.24) is 15.1 Å². The van der Waals surface area contributed by atoms with Crippen LogP contribution >= 0.6 is 11.3 Å². The fraction of sp³-hybridized carbons (Fsp3) is 0.714. The highest BCUT2D eigenvalue weighted by atomic mass is 32.1. The summed E-state index contributed by atoms with van der Waals surface area (Å²) in [6, 6.07) is 0. The van der Waals surface area contributed by atoms with Gasteiger partial charge in [-0.3, -0.25) is 4.90 Å². The summed E-state index contributed by atoms with van der Waals surface area (Å²) in [6.07, 6.45) is 0. The van der Waals surface area contributed by atoms with Crippen LogP contribution in [-0.4, -0.2) is 39.9 Å². The maximum absolute atomic E-state index is 8.75. The minimum Gasteiger partial charge on any atom is -0.395 e. The van der Waals surface area contributed by atoms with Crippen LogP contribution in [0.5, 0.6) is 0 Å². The molecule has 3 N–H and O–H groups in total. The summed E-state index contributed by atoms with van der Waals surface area (Å²) >= 11 is 1.39. The van der Waals surface area contributed by atoms with Crippen molar-refractivity contribution >= 4 is 16.5 Å². The van der Waals surface area contributed by atoms with Gasteiger partial charge in [-0.1, -0.05) is 18.3 Å². The molecule has 0 amide bonds. The van der Waals surface area contributed by atoms with E-state index in [-0.39, 0.29) is 6.61 Å². The van der Waals surface area contributed by atoms with Crippen LogP contribution in [0.4, 0.5) is 5.13 Å². The number of aliphatic hydroxyl groups is 1. The van der Waals surface area contributed by atoms with Crippen LogP contribution in [0.25, 0.3) is 0 Å². The third-order valence-electron chi connectivity index (χ3n) is 1.70. The number of anilines is 1. The fourth-order valence-electron chi connectivity index (χ4n) is 1.01. The first kappa shape index (κ1) is 10.4. The van der Waals surface area contributed by atoms with Crippen molar-refractivity contribution in [2.45, 2.75) is 13.5 Å². The van der Waals surface area contributed by atoms with Crippen molar-refractivity contribution in [1.29, 1.82) is 0 Å². The number of nitrogen functional groups attached to an aromatic ring is 1. The van der Waals surface area contributed by atoms with Gasteiger partial charge >= 0.3 is 0 Å². The first-order valence-electron chi connectivity index (χ1n) is 4.17. The van der Waals surface area contributed by atoms with Gasteiger partial charge in [0, 0.05) is 6.54 Å². The normalized spacial score (nSPS) is 11.0. The molecule has 1 aromatic heterocycles. The van der Waals surface area contributed by atoms with Crippen molar-refractivity contribution < 1.29 is 5.11 Å². The van der Waals surface area contributed by atoms with Gasteiger partial charge in [-0.15, -0.1) is 10.2 Å². The lowest BCUT2D eigenvalue weighted by molar-refractivity contribution is 0.196. The summed E-state index contributed by atoms with van der Waals surface area (Å²) in [7, 11) is 0. The van der Waals surface area contributed by atoms with Crippen LogP contribution in [0.1, 0.15) is 11.9 Å². The minimum atomic E-state index is 0.169. The lowest BCUT2D eigenvalue weighted by atomic mass is 10.5. The Kier molecular flexibility index (Phi) is 4.07. The van der Waals surface area contributed by atoms with Gasteiger partial charge < -0.3 is 10.8 Å². The SMILES string of the molecule is CCN(CCO)Cc1nnc(N)s1.